The van der Waals surface area contributed by atoms with E-state index in [0.29, 0.717) is 17.7 Å². The molecule has 3 aromatic rings. The third-order valence-corrected chi connectivity index (χ3v) is 4.96. The Hall–Kier alpha value is -3.14. The fourth-order valence-corrected chi connectivity index (χ4v) is 3.33. The number of anilines is 2. The molecule has 0 radical (unpaired) electrons. The second kappa shape index (κ2) is 9.34. The topological polar surface area (TPSA) is 89.2 Å². The molecule has 2 aromatic heterocycles. The van der Waals surface area contributed by atoms with Crippen molar-refractivity contribution in [1.82, 2.24) is 19.9 Å². The molecule has 0 aliphatic heterocycles. The van der Waals surface area contributed by atoms with Crippen LogP contribution in [-0.2, 0) is 6.18 Å². The molecule has 31 heavy (non-hydrogen) atoms. The number of ether oxygens (including phenoxy) is 1. The predicted molar refractivity (Wildman–Crippen MR) is 115 cm³/mol. The van der Waals surface area contributed by atoms with Crippen LogP contribution in [0.5, 0.6) is 5.75 Å². The van der Waals surface area contributed by atoms with Crippen molar-refractivity contribution < 1.29 is 17.9 Å². The molecule has 1 aromatic carbocycles. The lowest BCUT2D eigenvalue weighted by atomic mass is 10.0. The van der Waals surface area contributed by atoms with Gasteiger partial charge in [0.1, 0.15) is 18.2 Å². The first kappa shape index (κ1) is 22.5. The number of nitrogens with zero attached hydrogens (tertiary/aromatic N) is 4. The van der Waals surface area contributed by atoms with E-state index in [1.807, 2.05) is 13.8 Å². The SMILES string of the molecule is CCN(CC)CCOc1cccc(C(F)(F)F)c1-c1ccc2c(NC)nc(N)nc2n1. The number of halogens is 3. The van der Waals surface area contributed by atoms with Gasteiger partial charge in [0.15, 0.2) is 5.65 Å². The van der Waals surface area contributed by atoms with Crippen LogP contribution in [0.15, 0.2) is 30.3 Å². The van der Waals surface area contributed by atoms with Crippen molar-refractivity contribution in [1.29, 1.82) is 0 Å². The first-order valence-corrected chi connectivity index (χ1v) is 9.96. The second-order valence-corrected chi connectivity index (χ2v) is 6.80. The van der Waals surface area contributed by atoms with Crippen molar-refractivity contribution in [2.24, 2.45) is 0 Å². The molecule has 0 aliphatic rings. The summed E-state index contributed by atoms with van der Waals surface area (Å²) in [7, 11) is 1.66. The van der Waals surface area contributed by atoms with Crippen LogP contribution >= 0.6 is 0 Å². The number of likely N-dealkylation sites (N-methyl/N-ethyl adjacent to an activating group) is 1. The van der Waals surface area contributed by atoms with Crippen LogP contribution in [0, 0.1) is 0 Å². The Morgan fingerprint density at radius 2 is 1.81 bits per heavy atom. The monoisotopic (exact) mass is 434 g/mol. The van der Waals surface area contributed by atoms with E-state index in [0.717, 1.165) is 19.2 Å². The van der Waals surface area contributed by atoms with Crippen molar-refractivity contribution >= 4 is 22.8 Å². The first-order chi connectivity index (χ1) is 14.8. The third kappa shape index (κ3) is 4.96. The Labute approximate surface area is 178 Å². The lowest BCUT2D eigenvalue weighted by molar-refractivity contribution is -0.137. The number of nitrogens with two attached hydrogens (primary N) is 1. The zero-order valence-corrected chi connectivity index (χ0v) is 17.6. The lowest BCUT2D eigenvalue weighted by Gasteiger charge is -2.20. The zero-order chi connectivity index (χ0) is 22.6. The molecule has 166 valence electrons. The number of aromatic nitrogens is 3. The van der Waals surface area contributed by atoms with Crippen LogP contribution in [0.4, 0.5) is 24.9 Å². The van der Waals surface area contributed by atoms with Crippen LogP contribution in [0.2, 0.25) is 0 Å². The highest BCUT2D eigenvalue weighted by Crippen LogP contribution is 2.42. The van der Waals surface area contributed by atoms with Crippen molar-refractivity contribution in [2.45, 2.75) is 20.0 Å². The number of nitrogen functional groups attached to an aromatic ring is 1. The van der Waals surface area contributed by atoms with Gasteiger partial charge >= 0.3 is 6.18 Å². The van der Waals surface area contributed by atoms with Gasteiger partial charge < -0.3 is 20.7 Å². The van der Waals surface area contributed by atoms with Gasteiger partial charge in [-0.1, -0.05) is 19.9 Å². The summed E-state index contributed by atoms with van der Waals surface area (Å²) in [6.45, 7) is 6.55. The molecule has 0 saturated heterocycles. The Morgan fingerprint density at radius 1 is 1.06 bits per heavy atom. The summed E-state index contributed by atoms with van der Waals surface area (Å²) >= 11 is 0. The fourth-order valence-electron chi connectivity index (χ4n) is 3.33. The summed E-state index contributed by atoms with van der Waals surface area (Å²) in [5.74, 6) is 0.535. The minimum Gasteiger partial charge on any atom is -0.492 e. The molecular formula is C21H25F3N6O. The van der Waals surface area contributed by atoms with Gasteiger partial charge in [-0.2, -0.15) is 23.1 Å². The highest BCUT2D eigenvalue weighted by molar-refractivity contribution is 5.89. The number of hydrogen-bond acceptors (Lipinski definition) is 7. The molecule has 7 nitrogen and oxygen atoms in total. The van der Waals surface area contributed by atoms with E-state index < -0.39 is 11.7 Å². The van der Waals surface area contributed by atoms with E-state index >= 15 is 0 Å². The molecule has 0 unspecified atom stereocenters. The van der Waals surface area contributed by atoms with Crippen molar-refractivity contribution in [3.63, 3.8) is 0 Å². The van der Waals surface area contributed by atoms with Gasteiger partial charge in [-0.15, -0.1) is 0 Å². The molecule has 3 N–H and O–H groups in total. The number of pyridine rings is 1. The van der Waals surface area contributed by atoms with E-state index in [1.54, 1.807) is 13.1 Å². The van der Waals surface area contributed by atoms with E-state index in [2.05, 4.69) is 25.2 Å². The van der Waals surface area contributed by atoms with Gasteiger partial charge in [0.05, 0.1) is 22.2 Å². The minimum absolute atomic E-state index is 0.0266. The zero-order valence-electron chi connectivity index (χ0n) is 17.6. The summed E-state index contributed by atoms with van der Waals surface area (Å²) in [5, 5.41) is 3.44. The van der Waals surface area contributed by atoms with Gasteiger partial charge in [0.25, 0.3) is 0 Å². The van der Waals surface area contributed by atoms with Gasteiger partial charge in [0.2, 0.25) is 5.95 Å². The van der Waals surface area contributed by atoms with Gasteiger partial charge in [-0.25, -0.2) is 4.98 Å². The van der Waals surface area contributed by atoms with Crippen LogP contribution < -0.4 is 15.8 Å². The number of hydrogen-bond donors (Lipinski definition) is 2. The summed E-state index contributed by atoms with van der Waals surface area (Å²) < 4.78 is 47.3. The molecule has 10 heteroatoms. The molecule has 0 aliphatic carbocycles. The quantitative estimate of drug-likeness (QED) is 0.553. The average Bonchev–Trinajstić information content (AvgIpc) is 2.74. The van der Waals surface area contributed by atoms with Crippen LogP contribution in [0.3, 0.4) is 0 Å². The summed E-state index contributed by atoms with van der Waals surface area (Å²) in [5.41, 5.74) is 5.07. The van der Waals surface area contributed by atoms with Crippen molar-refractivity contribution in [3.8, 4) is 17.0 Å². The number of fused-ring (bicyclic) bond motifs is 1. The molecule has 0 fully saturated rings. The van der Waals surface area contributed by atoms with Gasteiger partial charge in [-0.3, -0.25) is 0 Å². The Bertz CT molecular complexity index is 1050. The second-order valence-electron chi connectivity index (χ2n) is 6.80. The Kier molecular flexibility index (Phi) is 6.79. The standard InChI is InChI=1S/C21H25F3N6O/c1-4-30(5-2)11-12-31-16-8-6-7-14(21(22,23)24)17(16)15-10-9-13-18(26-3)28-20(25)29-19(13)27-15/h6-10H,4-5,11-12H2,1-3H3,(H3,25,26,27,28,29). The van der Waals surface area contributed by atoms with E-state index in [-0.39, 0.29) is 35.2 Å². The molecule has 0 atom stereocenters. The molecule has 0 saturated carbocycles. The normalized spacial score (nSPS) is 11.8. The maximum absolute atomic E-state index is 13.8. The van der Waals surface area contributed by atoms with Gasteiger partial charge in [-0.05, 0) is 37.4 Å². The molecule has 0 bridgehead atoms. The maximum Gasteiger partial charge on any atom is 0.417 e. The summed E-state index contributed by atoms with van der Waals surface area (Å²) in [6.07, 6.45) is -4.58. The molecule has 0 spiro atoms. The van der Waals surface area contributed by atoms with Gasteiger partial charge in [0, 0.05) is 13.6 Å². The van der Waals surface area contributed by atoms with Crippen molar-refractivity contribution in [2.75, 3.05) is 44.3 Å². The fraction of sp³-hybridized carbons (Fsp3) is 0.381. The van der Waals surface area contributed by atoms with E-state index in [9.17, 15) is 13.2 Å². The molecule has 3 rings (SSSR count). The molecule has 0 amide bonds. The lowest BCUT2D eigenvalue weighted by Crippen LogP contribution is -2.28. The van der Waals surface area contributed by atoms with E-state index in [1.165, 1.54) is 18.2 Å². The Morgan fingerprint density at radius 3 is 2.45 bits per heavy atom. The molecule has 2 heterocycles. The number of rotatable bonds is 8. The van der Waals surface area contributed by atoms with Crippen LogP contribution in [-0.4, -0.2) is 53.1 Å². The molecular weight excluding hydrogens is 409 g/mol. The largest absolute Gasteiger partial charge is 0.492 e. The highest BCUT2D eigenvalue weighted by atomic mass is 19.4. The summed E-state index contributed by atoms with van der Waals surface area (Å²) in [6, 6.07) is 7.00. The number of benzene rings is 1. The number of alkyl halides is 3. The average molecular weight is 434 g/mol. The third-order valence-electron chi connectivity index (χ3n) is 4.96. The highest BCUT2D eigenvalue weighted by Gasteiger charge is 2.35. The van der Waals surface area contributed by atoms with Crippen LogP contribution in [0.1, 0.15) is 19.4 Å². The van der Waals surface area contributed by atoms with Crippen LogP contribution in [0.25, 0.3) is 22.3 Å². The minimum atomic E-state index is -4.58. The first-order valence-electron chi connectivity index (χ1n) is 9.96. The van der Waals surface area contributed by atoms with E-state index in [4.69, 9.17) is 10.5 Å². The maximum atomic E-state index is 13.8. The number of nitrogens with one attached hydrogen (secondary N) is 1. The van der Waals surface area contributed by atoms with Crippen molar-refractivity contribution in [3.05, 3.63) is 35.9 Å². The smallest absolute Gasteiger partial charge is 0.417 e. The predicted octanol–water partition coefficient (Wildman–Crippen LogP) is 4.06. The summed E-state index contributed by atoms with van der Waals surface area (Å²) in [4.78, 5) is 14.7. The Balaban J connectivity index is 2.09.